The molecule has 0 unspecified atom stereocenters. The van der Waals surface area contributed by atoms with Crippen LogP contribution >= 0.6 is 27.3 Å². The predicted molar refractivity (Wildman–Crippen MR) is 86.9 cm³/mol. The van der Waals surface area contributed by atoms with Crippen LogP contribution in [0, 0.1) is 16.7 Å². The van der Waals surface area contributed by atoms with Crippen LogP contribution in [0.25, 0.3) is 10.2 Å². The molecule has 2 nitrogen and oxygen atoms in total. The molecule has 19 heavy (non-hydrogen) atoms. The Labute approximate surface area is 126 Å². The minimum Gasteiger partial charge on any atom is -0.361 e. The number of hydrogen-bond acceptors (Lipinski definition) is 3. The molecule has 0 amide bonds. The van der Waals surface area contributed by atoms with Gasteiger partial charge in [0.25, 0.3) is 0 Å². The lowest BCUT2D eigenvalue weighted by atomic mass is 10.0. The first-order valence-electron chi connectivity index (χ1n) is 6.62. The van der Waals surface area contributed by atoms with Crippen molar-refractivity contribution in [3.05, 3.63) is 22.7 Å². The molecule has 3 rings (SSSR count). The largest absolute Gasteiger partial charge is 0.361 e. The average Bonchev–Trinajstić information content (AvgIpc) is 2.63. The van der Waals surface area contributed by atoms with Crippen molar-refractivity contribution in [1.82, 2.24) is 4.98 Å². The molecule has 1 heterocycles. The van der Waals surface area contributed by atoms with Gasteiger partial charge < -0.3 is 5.32 Å². The van der Waals surface area contributed by atoms with Crippen molar-refractivity contribution in [2.75, 3.05) is 11.9 Å². The summed E-state index contributed by atoms with van der Waals surface area (Å²) < 4.78 is 2.32. The van der Waals surface area contributed by atoms with E-state index in [1.165, 1.54) is 4.70 Å². The number of thiazole rings is 1. The average molecular weight is 339 g/mol. The number of fused-ring (bicyclic) bond motifs is 1. The van der Waals surface area contributed by atoms with Gasteiger partial charge in [0.15, 0.2) is 5.13 Å². The van der Waals surface area contributed by atoms with E-state index in [0.717, 1.165) is 27.6 Å². The monoisotopic (exact) mass is 338 g/mol. The Bertz CT molecular complexity index is 616. The molecule has 1 N–H and O–H groups in total. The zero-order chi connectivity index (χ0) is 13.8. The Kier molecular flexibility index (Phi) is 2.95. The Balaban J connectivity index is 1.73. The quantitative estimate of drug-likeness (QED) is 0.836. The standard InChI is InChI=1S/C15H19BrN2S/c1-14(2)12(15(14,3)4)8-17-13-18-10-7-9(16)5-6-11(10)19-13/h5-7,12H,8H2,1-4H3,(H,17,18). The summed E-state index contributed by atoms with van der Waals surface area (Å²) in [6.45, 7) is 10.4. The zero-order valence-electron chi connectivity index (χ0n) is 11.7. The minimum absolute atomic E-state index is 0.430. The number of benzene rings is 1. The van der Waals surface area contributed by atoms with Crippen molar-refractivity contribution in [2.24, 2.45) is 16.7 Å². The molecule has 4 heteroatoms. The fourth-order valence-electron chi connectivity index (χ4n) is 3.01. The summed E-state index contributed by atoms with van der Waals surface area (Å²) in [6, 6.07) is 6.26. The molecule has 1 fully saturated rings. The molecule has 0 bridgehead atoms. The number of nitrogens with one attached hydrogen (secondary N) is 1. The van der Waals surface area contributed by atoms with Crippen LogP contribution in [0.4, 0.5) is 5.13 Å². The first-order valence-corrected chi connectivity index (χ1v) is 8.23. The number of halogens is 1. The second kappa shape index (κ2) is 4.19. The highest BCUT2D eigenvalue weighted by molar-refractivity contribution is 9.10. The van der Waals surface area contributed by atoms with E-state index in [-0.39, 0.29) is 0 Å². The third kappa shape index (κ3) is 2.09. The molecule has 0 saturated heterocycles. The van der Waals surface area contributed by atoms with Gasteiger partial charge in [-0.3, -0.25) is 0 Å². The Morgan fingerprint density at radius 3 is 2.58 bits per heavy atom. The van der Waals surface area contributed by atoms with E-state index in [0.29, 0.717) is 10.8 Å². The van der Waals surface area contributed by atoms with Crippen molar-refractivity contribution in [3.8, 4) is 0 Å². The SMILES string of the molecule is CC1(C)C(CNc2nc3cc(Br)ccc3s2)C1(C)C. The molecular weight excluding hydrogens is 320 g/mol. The third-order valence-electron chi connectivity index (χ3n) is 5.13. The zero-order valence-corrected chi connectivity index (χ0v) is 14.2. The van der Waals surface area contributed by atoms with Crippen LogP contribution in [0.2, 0.25) is 0 Å². The highest BCUT2D eigenvalue weighted by Gasteiger charge is 2.64. The van der Waals surface area contributed by atoms with E-state index in [1.807, 2.05) is 0 Å². The van der Waals surface area contributed by atoms with E-state index in [9.17, 15) is 0 Å². The maximum absolute atomic E-state index is 4.65. The number of anilines is 1. The Hall–Kier alpha value is -0.610. The highest BCUT2D eigenvalue weighted by Crippen LogP contribution is 2.68. The van der Waals surface area contributed by atoms with Gasteiger partial charge in [-0.25, -0.2) is 4.98 Å². The lowest BCUT2D eigenvalue weighted by molar-refractivity contribution is 0.457. The summed E-state index contributed by atoms with van der Waals surface area (Å²) >= 11 is 5.22. The van der Waals surface area contributed by atoms with Gasteiger partial charge >= 0.3 is 0 Å². The summed E-state index contributed by atoms with van der Waals surface area (Å²) in [5.74, 6) is 0.721. The van der Waals surface area contributed by atoms with Gasteiger partial charge in [-0.1, -0.05) is 55.0 Å². The smallest absolute Gasteiger partial charge is 0.183 e. The molecule has 0 aliphatic heterocycles. The van der Waals surface area contributed by atoms with Gasteiger partial charge in [-0.05, 0) is 34.9 Å². The first kappa shape index (κ1) is 13.4. The predicted octanol–water partition coefficient (Wildman–Crippen LogP) is 5.15. The Morgan fingerprint density at radius 1 is 1.26 bits per heavy atom. The van der Waals surface area contributed by atoms with Crippen LogP contribution in [0.5, 0.6) is 0 Å². The van der Waals surface area contributed by atoms with Gasteiger partial charge in [0.2, 0.25) is 0 Å². The molecule has 1 saturated carbocycles. The van der Waals surface area contributed by atoms with Gasteiger partial charge in [-0.15, -0.1) is 0 Å². The molecule has 1 aromatic heterocycles. The summed E-state index contributed by atoms with van der Waals surface area (Å²) in [7, 11) is 0. The molecule has 0 radical (unpaired) electrons. The second-order valence-corrected chi connectivity index (χ2v) is 8.45. The van der Waals surface area contributed by atoms with Crippen LogP contribution < -0.4 is 5.32 Å². The molecule has 1 aliphatic rings. The number of aromatic nitrogens is 1. The normalized spacial score (nSPS) is 20.7. The van der Waals surface area contributed by atoms with E-state index in [2.05, 4.69) is 72.1 Å². The van der Waals surface area contributed by atoms with Gasteiger partial charge in [0.05, 0.1) is 10.2 Å². The van der Waals surface area contributed by atoms with E-state index >= 15 is 0 Å². The van der Waals surface area contributed by atoms with Crippen molar-refractivity contribution in [2.45, 2.75) is 27.7 Å². The first-order chi connectivity index (χ1) is 8.82. The number of rotatable bonds is 3. The van der Waals surface area contributed by atoms with Gasteiger partial charge in [-0.2, -0.15) is 0 Å². The summed E-state index contributed by atoms with van der Waals surface area (Å²) in [4.78, 5) is 4.65. The number of hydrogen-bond donors (Lipinski definition) is 1. The third-order valence-corrected chi connectivity index (χ3v) is 6.61. The fraction of sp³-hybridized carbons (Fsp3) is 0.533. The van der Waals surface area contributed by atoms with Crippen LogP contribution in [-0.4, -0.2) is 11.5 Å². The summed E-state index contributed by atoms with van der Waals surface area (Å²) in [6.07, 6.45) is 0. The topological polar surface area (TPSA) is 24.9 Å². The minimum atomic E-state index is 0.430. The maximum Gasteiger partial charge on any atom is 0.183 e. The lowest BCUT2D eigenvalue weighted by Crippen LogP contribution is -2.07. The molecular formula is C15H19BrN2S. The van der Waals surface area contributed by atoms with E-state index < -0.39 is 0 Å². The maximum atomic E-state index is 4.65. The summed E-state index contributed by atoms with van der Waals surface area (Å²) in [5.41, 5.74) is 1.93. The van der Waals surface area contributed by atoms with Gasteiger partial charge in [0, 0.05) is 11.0 Å². The van der Waals surface area contributed by atoms with Crippen LogP contribution in [-0.2, 0) is 0 Å². The van der Waals surface area contributed by atoms with Crippen molar-refractivity contribution < 1.29 is 0 Å². The second-order valence-electron chi connectivity index (χ2n) is 6.51. The highest BCUT2D eigenvalue weighted by atomic mass is 79.9. The summed E-state index contributed by atoms with van der Waals surface area (Å²) in [5, 5.41) is 4.55. The van der Waals surface area contributed by atoms with Gasteiger partial charge in [0.1, 0.15) is 0 Å². The molecule has 2 aromatic rings. The fourth-order valence-corrected chi connectivity index (χ4v) is 4.21. The van der Waals surface area contributed by atoms with E-state index in [1.54, 1.807) is 11.3 Å². The number of nitrogens with zero attached hydrogens (tertiary/aromatic N) is 1. The van der Waals surface area contributed by atoms with Crippen molar-refractivity contribution >= 4 is 42.6 Å². The van der Waals surface area contributed by atoms with Crippen molar-refractivity contribution in [1.29, 1.82) is 0 Å². The van der Waals surface area contributed by atoms with Crippen LogP contribution in [0.3, 0.4) is 0 Å². The van der Waals surface area contributed by atoms with E-state index in [4.69, 9.17) is 0 Å². The molecule has 0 atom stereocenters. The molecule has 1 aliphatic carbocycles. The van der Waals surface area contributed by atoms with Crippen LogP contribution in [0.1, 0.15) is 27.7 Å². The lowest BCUT2D eigenvalue weighted by Gasteiger charge is -2.04. The van der Waals surface area contributed by atoms with Crippen LogP contribution in [0.15, 0.2) is 22.7 Å². The molecule has 0 spiro atoms. The molecule has 102 valence electrons. The molecule has 1 aromatic carbocycles. The van der Waals surface area contributed by atoms with Crippen molar-refractivity contribution in [3.63, 3.8) is 0 Å². The Morgan fingerprint density at radius 2 is 1.95 bits per heavy atom.